The molecule has 0 unspecified atom stereocenters. The first kappa shape index (κ1) is 16.3. The van der Waals surface area contributed by atoms with Gasteiger partial charge in [-0.3, -0.25) is 4.99 Å². The van der Waals surface area contributed by atoms with Gasteiger partial charge in [-0.2, -0.15) is 0 Å². The zero-order valence-corrected chi connectivity index (χ0v) is 13.7. The summed E-state index contributed by atoms with van der Waals surface area (Å²) in [6.45, 7) is 4.39. The number of aliphatic imine (C=N–C) groups is 1. The maximum Gasteiger partial charge on any atom is 0.191 e. The van der Waals surface area contributed by atoms with Crippen molar-refractivity contribution in [2.75, 3.05) is 26.2 Å². The molecule has 1 aliphatic rings. The molecule has 1 fully saturated rings. The van der Waals surface area contributed by atoms with Crippen molar-refractivity contribution in [2.24, 2.45) is 4.99 Å². The monoisotopic (exact) mass is 309 g/mol. The van der Waals surface area contributed by atoms with Crippen LogP contribution in [0.2, 0.25) is 0 Å². The molecule has 0 spiro atoms. The van der Waals surface area contributed by atoms with Gasteiger partial charge in [-0.1, -0.05) is 25.3 Å². The third-order valence-corrected chi connectivity index (χ3v) is 5.26. The molecule has 1 aliphatic carbocycles. The standard InChI is InChI=1S/C16H27N3OS/c1-2-17-15(18-10-11-20)19-13-16(8-4-3-5-9-16)14-7-6-12-21-14/h6-7,12,20H,2-5,8-11,13H2,1H3,(H2,17,18,19). The van der Waals surface area contributed by atoms with E-state index in [2.05, 4.69) is 35.1 Å². The maximum atomic E-state index is 8.96. The minimum atomic E-state index is 0.125. The Bertz CT molecular complexity index is 425. The van der Waals surface area contributed by atoms with Crippen molar-refractivity contribution in [3.8, 4) is 0 Å². The Hall–Kier alpha value is -1.07. The fourth-order valence-corrected chi connectivity index (χ4v) is 4.02. The summed E-state index contributed by atoms with van der Waals surface area (Å²) >= 11 is 1.86. The van der Waals surface area contributed by atoms with Gasteiger partial charge < -0.3 is 15.7 Å². The van der Waals surface area contributed by atoms with Crippen LogP contribution in [0.25, 0.3) is 0 Å². The molecule has 0 radical (unpaired) electrons. The zero-order valence-electron chi connectivity index (χ0n) is 12.9. The lowest BCUT2D eigenvalue weighted by atomic mass is 9.73. The van der Waals surface area contributed by atoms with Crippen molar-refractivity contribution in [2.45, 2.75) is 44.4 Å². The van der Waals surface area contributed by atoms with Crippen molar-refractivity contribution >= 4 is 17.3 Å². The SMILES string of the molecule is CCNC(=NCC1(c2cccs2)CCCCC1)NCCO. The Kier molecular flexibility index (Phi) is 6.51. The molecule has 1 saturated carbocycles. The van der Waals surface area contributed by atoms with Crippen molar-refractivity contribution < 1.29 is 5.11 Å². The molecule has 118 valence electrons. The van der Waals surface area contributed by atoms with Gasteiger partial charge in [0.15, 0.2) is 5.96 Å². The Balaban J connectivity index is 2.10. The van der Waals surface area contributed by atoms with Crippen LogP contribution in [0.3, 0.4) is 0 Å². The second-order valence-electron chi connectivity index (χ2n) is 5.66. The fraction of sp³-hybridized carbons (Fsp3) is 0.688. The number of hydrogen-bond donors (Lipinski definition) is 3. The average molecular weight is 309 g/mol. The molecule has 0 saturated heterocycles. The van der Waals surface area contributed by atoms with E-state index in [1.54, 1.807) is 0 Å². The van der Waals surface area contributed by atoms with Crippen molar-refractivity contribution in [1.82, 2.24) is 10.6 Å². The number of thiophene rings is 1. The number of hydrogen-bond acceptors (Lipinski definition) is 3. The fourth-order valence-electron chi connectivity index (χ4n) is 3.04. The van der Waals surface area contributed by atoms with Gasteiger partial charge in [0.1, 0.15) is 0 Å². The molecule has 3 N–H and O–H groups in total. The van der Waals surface area contributed by atoms with Gasteiger partial charge in [0.2, 0.25) is 0 Å². The number of aliphatic hydroxyl groups is 1. The van der Waals surface area contributed by atoms with Crippen molar-refractivity contribution in [3.63, 3.8) is 0 Å². The van der Waals surface area contributed by atoms with Crippen LogP contribution in [0.5, 0.6) is 0 Å². The Morgan fingerprint density at radius 3 is 2.76 bits per heavy atom. The van der Waals surface area contributed by atoms with E-state index >= 15 is 0 Å². The van der Waals surface area contributed by atoms with E-state index < -0.39 is 0 Å². The highest BCUT2D eigenvalue weighted by atomic mass is 32.1. The normalized spacial score (nSPS) is 18.5. The third-order valence-electron chi connectivity index (χ3n) is 4.14. The molecule has 21 heavy (non-hydrogen) atoms. The van der Waals surface area contributed by atoms with E-state index in [9.17, 15) is 0 Å². The quantitative estimate of drug-likeness (QED) is 0.559. The summed E-state index contributed by atoms with van der Waals surface area (Å²) in [5.74, 6) is 0.813. The predicted molar refractivity (Wildman–Crippen MR) is 90.1 cm³/mol. The Morgan fingerprint density at radius 1 is 1.33 bits per heavy atom. The molecule has 2 rings (SSSR count). The van der Waals surface area contributed by atoms with Crippen LogP contribution in [-0.2, 0) is 5.41 Å². The summed E-state index contributed by atoms with van der Waals surface area (Å²) in [5, 5.41) is 17.5. The first-order valence-corrected chi connectivity index (χ1v) is 8.86. The number of guanidine groups is 1. The third kappa shape index (κ3) is 4.45. The minimum Gasteiger partial charge on any atom is -0.395 e. The topological polar surface area (TPSA) is 56.7 Å². The summed E-state index contributed by atoms with van der Waals surface area (Å²) in [4.78, 5) is 6.27. The number of rotatable bonds is 6. The molecular formula is C16H27N3OS. The van der Waals surface area contributed by atoms with Crippen LogP contribution >= 0.6 is 11.3 Å². The smallest absolute Gasteiger partial charge is 0.191 e. The molecule has 0 atom stereocenters. The van der Waals surface area contributed by atoms with Gasteiger partial charge in [0.25, 0.3) is 0 Å². The second-order valence-corrected chi connectivity index (χ2v) is 6.61. The lowest BCUT2D eigenvalue weighted by Crippen LogP contribution is -2.40. The van der Waals surface area contributed by atoms with Crippen LogP contribution in [-0.4, -0.2) is 37.3 Å². The largest absolute Gasteiger partial charge is 0.395 e. The van der Waals surface area contributed by atoms with Crippen LogP contribution in [0.15, 0.2) is 22.5 Å². The summed E-state index contributed by atoms with van der Waals surface area (Å²) in [6.07, 6.45) is 6.41. The molecule has 0 aromatic carbocycles. The number of nitrogens with zero attached hydrogens (tertiary/aromatic N) is 1. The zero-order chi connectivity index (χ0) is 15.0. The van der Waals surface area contributed by atoms with E-state index in [1.165, 1.54) is 37.0 Å². The highest BCUT2D eigenvalue weighted by molar-refractivity contribution is 7.10. The summed E-state index contributed by atoms with van der Waals surface area (Å²) in [5.41, 5.74) is 0.216. The molecule has 1 aromatic heterocycles. The van der Waals surface area contributed by atoms with Crippen molar-refractivity contribution in [1.29, 1.82) is 0 Å². The van der Waals surface area contributed by atoms with Gasteiger partial charge in [-0.05, 0) is 31.2 Å². The van der Waals surface area contributed by atoms with E-state index in [4.69, 9.17) is 10.1 Å². The van der Waals surface area contributed by atoms with Gasteiger partial charge in [-0.15, -0.1) is 11.3 Å². The molecular weight excluding hydrogens is 282 g/mol. The first-order chi connectivity index (χ1) is 10.3. The van der Waals surface area contributed by atoms with E-state index in [0.717, 1.165) is 19.0 Å². The number of aliphatic hydroxyl groups excluding tert-OH is 1. The summed E-state index contributed by atoms with van der Waals surface area (Å²) in [6, 6.07) is 4.41. The average Bonchev–Trinajstić information content (AvgIpc) is 3.06. The van der Waals surface area contributed by atoms with Crippen molar-refractivity contribution in [3.05, 3.63) is 22.4 Å². The van der Waals surface area contributed by atoms with E-state index in [-0.39, 0.29) is 12.0 Å². The highest BCUT2D eigenvalue weighted by Gasteiger charge is 2.34. The van der Waals surface area contributed by atoms with Crippen LogP contribution in [0.4, 0.5) is 0 Å². The lowest BCUT2D eigenvalue weighted by Gasteiger charge is -2.35. The molecule has 5 heteroatoms. The van der Waals surface area contributed by atoms with E-state index in [0.29, 0.717) is 6.54 Å². The lowest BCUT2D eigenvalue weighted by molar-refractivity contribution is 0.298. The highest BCUT2D eigenvalue weighted by Crippen LogP contribution is 2.41. The first-order valence-electron chi connectivity index (χ1n) is 7.98. The second kappa shape index (κ2) is 8.39. The van der Waals surface area contributed by atoms with Crippen LogP contribution < -0.4 is 10.6 Å². The number of nitrogens with one attached hydrogen (secondary N) is 2. The maximum absolute atomic E-state index is 8.96. The van der Waals surface area contributed by atoms with Crippen LogP contribution in [0.1, 0.15) is 43.9 Å². The predicted octanol–water partition coefficient (Wildman–Crippen LogP) is 2.50. The molecule has 0 aliphatic heterocycles. The molecule has 1 heterocycles. The Labute approximate surface area is 131 Å². The molecule has 0 amide bonds. The summed E-state index contributed by atoms with van der Waals surface area (Å²) < 4.78 is 0. The summed E-state index contributed by atoms with van der Waals surface area (Å²) in [7, 11) is 0. The Morgan fingerprint density at radius 2 is 2.14 bits per heavy atom. The van der Waals surface area contributed by atoms with Gasteiger partial charge in [0, 0.05) is 23.4 Å². The molecule has 4 nitrogen and oxygen atoms in total. The minimum absolute atomic E-state index is 0.125. The van der Waals surface area contributed by atoms with Gasteiger partial charge in [0.05, 0.1) is 13.2 Å². The molecule has 0 bridgehead atoms. The van der Waals surface area contributed by atoms with Crippen LogP contribution in [0, 0.1) is 0 Å². The molecule has 1 aromatic rings. The van der Waals surface area contributed by atoms with E-state index in [1.807, 2.05) is 11.3 Å². The van der Waals surface area contributed by atoms with Gasteiger partial charge in [-0.25, -0.2) is 0 Å². The van der Waals surface area contributed by atoms with Gasteiger partial charge >= 0.3 is 0 Å².